The number of carbonyl (C=O) groups is 1. The van der Waals surface area contributed by atoms with E-state index in [1.807, 2.05) is 0 Å². The molecule has 0 aliphatic carbocycles. The minimum Gasteiger partial charge on any atom is -0.407 e. The Hall–Kier alpha value is -3.10. The first-order chi connectivity index (χ1) is 21.9. The predicted octanol–water partition coefficient (Wildman–Crippen LogP) is 7.91. The Morgan fingerprint density at radius 3 is 1.11 bits per heavy atom. The van der Waals surface area contributed by atoms with Gasteiger partial charge in [-0.3, -0.25) is 0 Å². The standard InChI is InChI=1S/C41H54O3Si2/c1-34(42)22-20-21-23-35(32-43-45(40(2,3)4,36-24-12-8-13-25-36)37-26-14-9-15-27-37)33-44-46(41(5,6)7,38-28-16-10-17-29-38)39-30-18-11-19-31-39/h8-19,24-31,35H,20-23,32-33H2,1-7H3. The van der Waals surface area contributed by atoms with Crippen LogP contribution >= 0.6 is 0 Å². The van der Waals surface area contributed by atoms with Crippen LogP contribution in [-0.2, 0) is 13.6 Å². The summed E-state index contributed by atoms with van der Waals surface area (Å²) in [6.45, 7) is 16.9. The fraction of sp³-hybridized carbons (Fsp3) is 0.390. The van der Waals surface area contributed by atoms with E-state index in [2.05, 4.69) is 163 Å². The van der Waals surface area contributed by atoms with Gasteiger partial charge in [-0.15, -0.1) is 0 Å². The van der Waals surface area contributed by atoms with Crippen molar-refractivity contribution in [3.8, 4) is 0 Å². The SMILES string of the molecule is CC(=O)CCCCC(CO[Si](c1ccccc1)(c1ccccc1)C(C)(C)C)CO[Si](c1ccccc1)(c1ccccc1)C(C)(C)C. The zero-order chi connectivity index (χ0) is 33.3. The first kappa shape index (κ1) is 35.8. The van der Waals surface area contributed by atoms with Crippen LogP contribution in [0.3, 0.4) is 0 Å². The molecule has 0 aromatic heterocycles. The highest BCUT2D eigenvalue weighted by Gasteiger charge is 2.52. The van der Waals surface area contributed by atoms with Crippen LogP contribution in [-0.4, -0.2) is 35.6 Å². The average molecular weight is 651 g/mol. The molecule has 0 fully saturated rings. The highest BCUT2D eigenvalue weighted by Crippen LogP contribution is 2.39. The summed E-state index contributed by atoms with van der Waals surface area (Å²) in [6.07, 6.45) is 3.43. The maximum atomic E-state index is 11.8. The maximum absolute atomic E-state index is 11.8. The van der Waals surface area contributed by atoms with Crippen LogP contribution in [0.25, 0.3) is 0 Å². The van der Waals surface area contributed by atoms with E-state index in [1.165, 1.54) is 20.7 Å². The molecule has 4 rings (SSSR count). The van der Waals surface area contributed by atoms with Gasteiger partial charge in [0.05, 0.1) is 0 Å². The molecule has 0 unspecified atom stereocenters. The van der Waals surface area contributed by atoms with Gasteiger partial charge >= 0.3 is 0 Å². The summed E-state index contributed by atoms with van der Waals surface area (Å²) >= 11 is 0. The summed E-state index contributed by atoms with van der Waals surface area (Å²) in [4.78, 5) is 11.8. The number of hydrogen-bond donors (Lipinski definition) is 0. The van der Waals surface area contributed by atoms with Gasteiger partial charge in [0.2, 0.25) is 0 Å². The van der Waals surface area contributed by atoms with Gasteiger partial charge in [0.1, 0.15) is 5.78 Å². The molecule has 46 heavy (non-hydrogen) atoms. The second-order valence-electron chi connectivity index (χ2n) is 14.8. The number of carbonyl (C=O) groups excluding carboxylic acids is 1. The lowest BCUT2D eigenvalue weighted by atomic mass is 10.0. The second-order valence-corrected chi connectivity index (χ2v) is 23.4. The van der Waals surface area contributed by atoms with Crippen LogP contribution in [0.2, 0.25) is 10.1 Å². The molecule has 0 saturated heterocycles. The van der Waals surface area contributed by atoms with E-state index in [4.69, 9.17) is 8.85 Å². The van der Waals surface area contributed by atoms with Crippen molar-refractivity contribution >= 4 is 43.2 Å². The average Bonchev–Trinajstić information content (AvgIpc) is 3.04. The Labute approximate surface area is 280 Å². The van der Waals surface area contributed by atoms with Crippen molar-refractivity contribution in [1.29, 1.82) is 0 Å². The Balaban J connectivity index is 1.74. The summed E-state index contributed by atoms with van der Waals surface area (Å²) in [5, 5.41) is 4.95. The number of rotatable bonds is 15. The number of Topliss-reactive ketones (excluding diaryl/α,β-unsaturated/α-hetero) is 1. The van der Waals surface area contributed by atoms with E-state index in [-0.39, 0.29) is 21.8 Å². The van der Waals surface area contributed by atoms with Gasteiger partial charge < -0.3 is 13.6 Å². The highest BCUT2D eigenvalue weighted by atomic mass is 28.4. The van der Waals surface area contributed by atoms with Crippen molar-refractivity contribution < 1.29 is 13.6 Å². The van der Waals surface area contributed by atoms with Crippen molar-refractivity contribution in [1.82, 2.24) is 0 Å². The summed E-state index contributed by atoms with van der Waals surface area (Å²) < 4.78 is 15.0. The molecule has 244 valence electrons. The number of benzene rings is 4. The molecule has 5 heteroatoms. The van der Waals surface area contributed by atoms with E-state index in [1.54, 1.807) is 6.92 Å². The summed E-state index contributed by atoms with van der Waals surface area (Å²) in [5.41, 5.74) is 0. The van der Waals surface area contributed by atoms with Crippen molar-refractivity contribution in [2.24, 2.45) is 5.92 Å². The zero-order valence-electron chi connectivity index (χ0n) is 29.1. The van der Waals surface area contributed by atoms with Gasteiger partial charge in [0.25, 0.3) is 16.6 Å². The van der Waals surface area contributed by atoms with Gasteiger partial charge in [-0.1, -0.05) is 169 Å². The fourth-order valence-corrected chi connectivity index (χ4v) is 16.3. The van der Waals surface area contributed by atoms with E-state index in [9.17, 15) is 4.79 Å². The molecule has 0 amide bonds. The summed E-state index contributed by atoms with van der Waals surface area (Å²) in [7, 11) is -5.43. The van der Waals surface area contributed by atoms with Crippen molar-refractivity contribution in [3.63, 3.8) is 0 Å². The van der Waals surface area contributed by atoms with Crippen molar-refractivity contribution in [3.05, 3.63) is 121 Å². The normalized spacial score (nSPS) is 12.8. The van der Waals surface area contributed by atoms with Gasteiger partial charge in [-0.05, 0) is 50.6 Å². The quantitative estimate of drug-likeness (QED) is 0.0970. The number of unbranched alkanes of at least 4 members (excludes halogenated alkanes) is 1. The molecular weight excluding hydrogens is 597 g/mol. The zero-order valence-corrected chi connectivity index (χ0v) is 31.1. The van der Waals surface area contributed by atoms with Crippen LogP contribution < -0.4 is 20.7 Å². The van der Waals surface area contributed by atoms with Gasteiger partial charge in [-0.2, -0.15) is 0 Å². The molecule has 0 spiro atoms. The smallest absolute Gasteiger partial charge is 0.261 e. The molecule has 4 aromatic rings. The summed E-state index contributed by atoms with van der Waals surface area (Å²) in [5.74, 6) is 0.430. The lowest BCUT2D eigenvalue weighted by Crippen LogP contribution is -2.67. The molecular formula is C41H54O3Si2. The number of ketones is 1. The van der Waals surface area contributed by atoms with Gasteiger partial charge in [-0.25, -0.2) is 0 Å². The monoisotopic (exact) mass is 650 g/mol. The fourth-order valence-electron chi connectivity index (χ4n) is 7.03. The van der Waals surface area contributed by atoms with E-state index in [0.29, 0.717) is 19.6 Å². The molecule has 3 nitrogen and oxygen atoms in total. The lowest BCUT2D eigenvalue weighted by molar-refractivity contribution is -0.117. The maximum Gasteiger partial charge on any atom is 0.261 e. The van der Waals surface area contributed by atoms with Crippen molar-refractivity contribution in [2.45, 2.75) is 84.2 Å². The van der Waals surface area contributed by atoms with Gasteiger partial charge in [0, 0.05) is 25.6 Å². The molecule has 0 N–H and O–H groups in total. The van der Waals surface area contributed by atoms with Crippen LogP contribution in [0.1, 0.15) is 74.1 Å². The van der Waals surface area contributed by atoms with E-state index < -0.39 is 16.6 Å². The largest absolute Gasteiger partial charge is 0.407 e. The van der Waals surface area contributed by atoms with E-state index in [0.717, 1.165) is 19.3 Å². The molecule has 0 saturated carbocycles. The molecule has 0 heterocycles. The van der Waals surface area contributed by atoms with Crippen LogP contribution in [0.5, 0.6) is 0 Å². The Morgan fingerprint density at radius 2 is 0.848 bits per heavy atom. The van der Waals surface area contributed by atoms with E-state index >= 15 is 0 Å². The molecule has 0 aliphatic rings. The van der Waals surface area contributed by atoms with Gasteiger partial charge in [0.15, 0.2) is 0 Å². The Kier molecular flexibility index (Phi) is 12.2. The third kappa shape index (κ3) is 8.06. The minimum absolute atomic E-state index is 0.103. The minimum atomic E-state index is -2.72. The number of hydrogen-bond acceptors (Lipinski definition) is 3. The molecule has 0 bridgehead atoms. The van der Waals surface area contributed by atoms with Crippen molar-refractivity contribution in [2.75, 3.05) is 13.2 Å². The predicted molar refractivity (Wildman–Crippen MR) is 200 cm³/mol. The molecule has 0 radical (unpaired) electrons. The summed E-state index contributed by atoms with van der Waals surface area (Å²) in [6, 6.07) is 43.5. The third-order valence-corrected chi connectivity index (χ3v) is 19.3. The Morgan fingerprint density at radius 1 is 0.543 bits per heavy atom. The molecule has 4 aromatic carbocycles. The Bertz CT molecular complexity index is 1290. The second kappa shape index (κ2) is 15.7. The molecule has 0 atom stereocenters. The molecule has 0 aliphatic heterocycles. The highest BCUT2D eigenvalue weighted by molar-refractivity contribution is 7.00. The third-order valence-electron chi connectivity index (χ3n) is 9.30. The van der Waals surface area contributed by atoms with Crippen LogP contribution in [0, 0.1) is 5.92 Å². The lowest BCUT2D eigenvalue weighted by Gasteiger charge is -2.45. The van der Waals surface area contributed by atoms with Crippen LogP contribution in [0.4, 0.5) is 0 Å². The van der Waals surface area contributed by atoms with Crippen LogP contribution in [0.15, 0.2) is 121 Å². The topological polar surface area (TPSA) is 35.5 Å². The first-order valence-electron chi connectivity index (χ1n) is 16.9. The first-order valence-corrected chi connectivity index (χ1v) is 20.7.